The highest BCUT2D eigenvalue weighted by atomic mass is 35.5. The van der Waals surface area contributed by atoms with Gasteiger partial charge in [0, 0.05) is 15.6 Å². The maximum atomic E-state index is 11.2. The van der Waals surface area contributed by atoms with Crippen LogP contribution in [0.1, 0.15) is 10.4 Å². The maximum absolute atomic E-state index is 11.2. The lowest BCUT2D eigenvalue weighted by Gasteiger charge is -2.10. The quantitative estimate of drug-likeness (QED) is 0.718. The van der Waals surface area contributed by atoms with Crippen molar-refractivity contribution >= 4 is 52.4 Å². The number of halogens is 4. The monoisotopic (exact) mass is 334 g/mol. The average Bonchev–Trinajstić information content (AvgIpc) is 2.33. The summed E-state index contributed by atoms with van der Waals surface area (Å²) >= 11 is 23.9. The Morgan fingerprint density at radius 1 is 0.895 bits per heavy atom. The van der Waals surface area contributed by atoms with Gasteiger partial charge in [-0.3, -0.25) is 0 Å². The molecular weight excluding hydrogens is 330 g/mol. The minimum absolute atomic E-state index is 0.0737. The van der Waals surface area contributed by atoms with Crippen molar-refractivity contribution in [2.75, 3.05) is 0 Å². The van der Waals surface area contributed by atoms with Crippen LogP contribution in [0, 0.1) is 0 Å². The normalized spacial score (nSPS) is 10.5. The molecule has 0 spiro atoms. The average molecular weight is 336 g/mol. The molecule has 0 aromatic heterocycles. The van der Waals surface area contributed by atoms with Gasteiger partial charge >= 0.3 is 5.97 Å². The van der Waals surface area contributed by atoms with Crippen LogP contribution in [0.25, 0.3) is 11.1 Å². The SMILES string of the molecule is O=C(O)c1ccc(Cl)cc1-c1cc(Cl)cc(Cl)c1Cl. The third kappa shape index (κ3) is 2.98. The van der Waals surface area contributed by atoms with Gasteiger partial charge in [0.2, 0.25) is 0 Å². The van der Waals surface area contributed by atoms with Gasteiger partial charge in [-0.2, -0.15) is 0 Å². The van der Waals surface area contributed by atoms with Crippen LogP contribution in [0.4, 0.5) is 0 Å². The molecule has 98 valence electrons. The van der Waals surface area contributed by atoms with Crippen molar-refractivity contribution in [1.82, 2.24) is 0 Å². The first kappa shape index (κ1) is 14.5. The Bertz CT molecular complexity index is 668. The molecule has 0 atom stereocenters. The Balaban J connectivity index is 2.78. The van der Waals surface area contributed by atoms with Gasteiger partial charge in [0.05, 0.1) is 15.6 Å². The summed E-state index contributed by atoms with van der Waals surface area (Å²) in [5.74, 6) is -1.08. The van der Waals surface area contributed by atoms with Crippen molar-refractivity contribution in [3.8, 4) is 11.1 Å². The summed E-state index contributed by atoms with van der Waals surface area (Å²) < 4.78 is 0. The van der Waals surface area contributed by atoms with Crippen LogP contribution in [0.3, 0.4) is 0 Å². The fraction of sp³-hybridized carbons (Fsp3) is 0. The number of carboxylic acid groups (broad SMARTS) is 1. The maximum Gasteiger partial charge on any atom is 0.336 e. The predicted octanol–water partition coefficient (Wildman–Crippen LogP) is 5.67. The topological polar surface area (TPSA) is 37.3 Å². The molecule has 0 amide bonds. The number of carbonyl (C=O) groups is 1. The summed E-state index contributed by atoms with van der Waals surface area (Å²) in [4.78, 5) is 11.2. The number of carboxylic acids is 1. The number of aromatic carboxylic acids is 1. The zero-order valence-electron chi connectivity index (χ0n) is 9.25. The van der Waals surface area contributed by atoms with Crippen LogP contribution in [0.2, 0.25) is 20.1 Å². The molecule has 0 saturated heterocycles. The second-order valence-corrected chi connectivity index (χ2v) is 5.40. The standard InChI is InChI=1S/C13H6Cl4O2/c14-6-1-2-8(13(18)19)9(3-6)10-4-7(15)5-11(16)12(10)17/h1-5H,(H,18,19). The molecule has 2 nitrogen and oxygen atoms in total. The highest BCUT2D eigenvalue weighted by Crippen LogP contribution is 2.38. The van der Waals surface area contributed by atoms with Crippen molar-refractivity contribution in [3.63, 3.8) is 0 Å². The van der Waals surface area contributed by atoms with Gasteiger partial charge in [-0.25, -0.2) is 4.79 Å². The van der Waals surface area contributed by atoms with Gasteiger partial charge in [0.25, 0.3) is 0 Å². The molecule has 1 N–H and O–H groups in total. The predicted molar refractivity (Wildman–Crippen MR) is 78.9 cm³/mol. The molecule has 2 aromatic carbocycles. The van der Waals surface area contributed by atoms with E-state index < -0.39 is 5.97 Å². The molecule has 2 aromatic rings. The largest absolute Gasteiger partial charge is 0.478 e. The first-order valence-electron chi connectivity index (χ1n) is 5.08. The Morgan fingerprint density at radius 2 is 1.53 bits per heavy atom. The zero-order chi connectivity index (χ0) is 14.2. The van der Waals surface area contributed by atoms with E-state index >= 15 is 0 Å². The molecule has 6 heteroatoms. The second kappa shape index (κ2) is 5.59. The van der Waals surface area contributed by atoms with Crippen LogP contribution >= 0.6 is 46.4 Å². The van der Waals surface area contributed by atoms with E-state index in [9.17, 15) is 9.90 Å². The summed E-state index contributed by atoms with van der Waals surface area (Å²) in [7, 11) is 0. The summed E-state index contributed by atoms with van der Waals surface area (Å²) in [5, 5.41) is 10.4. The van der Waals surface area contributed by atoms with E-state index in [2.05, 4.69) is 0 Å². The Hall–Kier alpha value is -0.930. The van der Waals surface area contributed by atoms with Crippen LogP contribution in [0.15, 0.2) is 30.3 Å². The van der Waals surface area contributed by atoms with Gasteiger partial charge in [0.15, 0.2) is 0 Å². The first-order valence-corrected chi connectivity index (χ1v) is 6.59. The second-order valence-electron chi connectivity index (χ2n) is 3.74. The van der Waals surface area contributed by atoms with E-state index in [1.807, 2.05) is 0 Å². The van der Waals surface area contributed by atoms with E-state index in [0.717, 1.165) is 0 Å². The van der Waals surface area contributed by atoms with Crippen LogP contribution in [0.5, 0.6) is 0 Å². The molecule has 0 saturated carbocycles. The van der Waals surface area contributed by atoms with E-state index in [4.69, 9.17) is 46.4 Å². The van der Waals surface area contributed by atoms with E-state index in [-0.39, 0.29) is 15.6 Å². The summed E-state index contributed by atoms with van der Waals surface area (Å²) in [6.45, 7) is 0. The molecule has 19 heavy (non-hydrogen) atoms. The lowest BCUT2D eigenvalue weighted by molar-refractivity contribution is 0.0698. The third-order valence-corrected chi connectivity index (χ3v) is 3.75. The van der Waals surface area contributed by atoms with Gasteiger partial charge in [0.1, 0.15) is 0 Å². The molecule has 0 unspecified atom stereocenters. The number of hydrogen-bond donors (Lipinski definition) is 1. The summed E-state index contributed by atoms with van der Waals surface area (Å²) in [6, 6.07) is 7.45. The van der Waals surface area contributed by atoms with Crippen molar-refractivity contribution < 1.29 is 9.90 Å². The van der Waals surface area contributed by atoms with Gasteiger partial charge in [-0.05, 0) is 35.9 Å². The zero-order valence-corrected chi connectivity index (χ0v) is 12.3. The minimum Gasteiger partial charge on any atom is -0.478 e. The third-order valence-electron chi connectivity index (χ3n) is 2.50. The van der Waals surface area contributed by atoms with Crippen molar-refractivity contribution in [1.29, 1.82) is 0 Å². The van der Waals surface area contributed by atoms with E-state index in [1.54, 1.807) is 6.07 Å². The van der Waals surface area contributed by atoms with Crippen LogP contribution in [-0.4, -0.2) is 11.1 Å². The van der Waals surface area contributed by atoms with Gasteiger partial charge in [-0.1, -0.05) is 46.4 Å². The number of rotatable bonds is 2. The number of hydrogen-bond acceptors (Lipinski definition) is 1. The minimum atomic E-state index is -1.08. The molecule has 0 aliphatic rings. The smallest absolute Gasteiger partial charge is 0.336 e. The van der Waals surface area contributed by atoms with E-state index in [0.29, 0.717) is 21.2 Å². The first-order chi connectivity index (χ1) is 8.90. The number of benzene rings is 2. The lowest BCUT2D eigenvalue weighted by Crippen LogP contribution is -1.99. The summed E-state index contributed by atoms with van der Waals surface area (Å²) in [6.07, 6.45) is 0. The van der Waals surface area contributed by atoms with Crippen molar-refractivity contribution in [2.24, 2.45) is 0 Å². The van der Waals surface area contributed by atoms with E-state index in [1.165, 1.54) is 24.3 Å². The molecular formula is C13H6Cl4O2. The Kier molecular flexibility index (Phi) is 4.26. The molecule has 0 radical (unpaired) electrons. The Labute approximate surface area is 129 Å². The highest BCUT2D eigenvalue weighted by Gasteiger charge is 2.16. The van der Waals surface area contributed by atoms with Gasteiger partial charge in [-0.15, -0.1) is 0 Å². The highest BCUT2D eigenvalue weighted by molar-refractivity contribution is 6.45. The van der Waals surface area contributed by atoms with Crippen molar-refractivity contribution in [2.45, 2.75) is 0 Å². The molecule has 0 bridgehead atoms. The lowest BCUT2D eigenvalue weighted by atomic mass is 9.99. The van der Waals surface area contributed by atoms with Crippen LogP contribution in [-0.2, 0) is 0 Å². The van der Waals surface area contributed by atoms with Crippen LogP contribution < -0.4 is 0 Å². The summed E-state index contributed by atoms with van der Waals surface area (Å²) in [5.41, 5.74) is 0.873. The van der Waals surface area contributed by atoms with Crippen molar-refractivity contribution in [3.05, 3.63) is 56.0 Å². The molecule has 0 heterocycles. The van der Waals surface area contributed by atoms with Gasteiger partial charge < -0.3 is 5.11 Å². The fourth-order valence-electron chi connectivity index (χ4n) is 1.68. The molecule has 0 fully saturated rings. The fourth-order valence-corrected chi connectivity index (χ4v) is 2.55. The molecule has 0 aliphatic heterocycles. The molecule has 2 rings (SSSR count). The Morgan fingerprint density at radius 3 is 2.16 bits per heavy atom. The molecule has 0 aliphatic carbocycles.